The molecule has 1 N–H and O–H groups in total. The lowest BCUT2D eigenvalue weighted by molar-refractivity contribution is -0.112. The number of hydrogen-bond donors (Lipinski definition) is 1. The second kappa shape index (κ2) is 8.24. The molecule has 3 rings (SSSR count). The summed E-state index contributed by atoms with van der Waals surface area (Å²) in [5, 5.41) is 12.4. The zero-order valence-corrected chi connectivity index (χ0v) is 15.7. The summed E-state index contributed by atoms with van der Waals surface area (Å²) >= 11 is 6.03. The van der Waals surface area contributed by atoms with Crippen molar-refractivity contribution in [2.45, 2.75) is 19.8 Å². The summed E-state index contributed by atoms with van der Waals surface area (Å²) in [6.07, 6.45) is 3.51. The van der Waals surface area contributed by atoms with Crippen LogP contribution in [-0.4, -0.2) is 19.0 Å². The fourth-order valence-electron chi connectivity index (χ4n) is 3.09. The molecule has 0 unspecified atom stereocenters. The van der Waals surface area contributed by atoms with Gasteiger partial charge in [-0.05, 0) is 61.2 Å². The highest BCUT2D eigenvalue weighted by atomic mass is 35.5. The summed E-state index contributed by atoms with van der Waals surface area (Å²) in [5.41, 5.74) is 2.17. The van der Waals surface area contributed by atoms with E-state index in [0.29, 0.717) is 22.0 Å². The van der Waals surface area contributed by atoms with Crippen LogP contribution in [0.1, 0.15) is 24.0 Å². The number of para-hydroxylation sites is 1. The van der Waals surface area contributed by atoms with Gasteiger partial charge in [-0.3, -0.25) is 4.79 Å². The molecule has 0 spiro atoms. The molecule has 6 heteroatoms. The number of carbonyl (C=O) groups excluding carboxylic acids is 1. The molecule has 0 atom stereocenters. The van der Waals surface area contributed by atoms with Gasteiger partial charge in [0.05, 0.1) is 16.4 Å². The monoisotopic (exact) mass is 383 g/mol. The molecule has 4 nitrogen and oxygen atoms in total. The number of anilines is 2. The zero-order valence-electron chi connectivity index (χ0n) is 14.9. The molecule has 27 heavy (non-hydrogen) atoms. The molecule has 1 saturated heterocycles. The van der Waals surface area contributed by atoms with Crippen molar-refractivity contribution in [3.05, 3.63) is 63.9 Å². The normalized spacial score (nSPS) is 14.1. The van der Waals surface area contributed by atoms with Crippen LogP contribution in [0.2, 0.25) is 5.02 Å². The number of nitriles is 1. The average Bonchev–Trinajstić information content (AvgIpc) is 3.18. The SMILES string of the molecule is Cc1cc(N2CCCC2)c(F)cc1C=C(C#N)C(=O)Nc1ccccc1Cl. The number of nitrogens with zero attached hydrogens (tertiary/aromatic N) is 2. The van der Waals surface area contributed by atoms with Crippen LogP contribution in [-0.2, 0) is 4.79 Å². The van der Waals surface area contributed by atoms with Crippen molar-refractivity contribution in [2.24, 2.45) is 0 Å². The van der Waals surface area contributed by atoms with Gasteiger partial charge in [0.1, 0.15) is 17.5 Å². The van der Waals surface area contributed by atoms with Gasteiger partial charge in [0.25, 0.3) is 5.91 Å². The number of benzene rings is 2. The molecule has 2 aromatic rings. The van der Waals surface area contributed by atoms with E-state index in [1.165, 1.54) is 12.1 Å². The molecule has 1 fully saturated rings. The third-order valence-electron chi connectivity index (χ3n) is 4.57. The van der Waals surface area contributed by atoms with Crippen molar-refractivity contribution >= 4 is 35.0 Å². The average molecular weight is 384 g/mol. The molecular weight excluding hydrogens is 365 g/mol. The van der Waals surface area contributed by atoms with E-state index in [-0.39, 0.29) is 11.4 Å². The first-order chi connectivity index (χ1) is 13.0. The summed E-state index contributed by atoms with van der Waals surface area (Å²) in [4.78, 5) is 14.4. The number of hydrogen-bond acceptors (Lipinski definition) is 3. The van der Waals surface area contributed by atoms with Crippen molar-refractivity contribution in [3.8, 4) is 6.07 Å². The van der Waals surface area contributed by atoms with Crippen molar-refractivity contribution in [1.29, 1.82) is 5.26 Å². The van der Waals surface area contributed by atoms with Gasteiger partial charge >= 0.3 is 0 Å². The van der Waals surface area contributed by atoms with E-state index in [0.717, 1.165) is 31.5 Å². The largest absolute Gasteiger partial charge is 0.369 e. The molecule has 2 aromatic carbocycles. The van der Waals surface area contributed by atoms with Crippen LogP contribution < -0.4 is 10.2 Å². The lowest BCUT2D eigenvalue weighted by Crippen LogP contribution is -2.19. The van der Waals surface area contributed by atoms with Crippen LogP contribution >= 0.6 is 11.6 Å². The Morgan fingerprint density at radius 2 is 2.00 bits per heavy atom. The highest BCUT2D eigenvalue weighted by Crippen LogP contribution is 2.28. The number of carbonyl (C=O) groups is 1. The van der Waals surface area contributed by atoms with Gasteiger partial charge in [-0.1, -0.05) is 23.7 Å². The van der Waals surface area contributed by atoms with Crippen molar-refractivity contribution < 1.29 is 9.18 Å². The number of halogens is 2. The van der Waals surface area contributed by atoms with Gasteiger partial charge < -0.3 is 10.2 Å². The van der Waals surface area contributed by atoms with E-state index in [9.17, 15) is 14.4 Å². The molecule has 0 saturated carbocycles. The lowest BCUT2D eigenvalue weighted by Gasteiger charge is -2.19. The Bertz CT molecular complexity index is 943. The lowest BCUT2D eigenvalue weighted by atomic mass is 10.0. The Balaban J connectivity index is 1.87. The fraction of sp³-hybridized carbons (Fsp3) is 0.238. The first kappa shape index (κ1) is 18.9. The third kappa shape index (κ3) is 4.29. The van der Waals surface area contributed by atoms with Crippen LogP contribution in [0.4, 0.5) is 15.8 Å². The summed E-state index contributed by atoms with van der Waals surface area (Å²) in [6.45, 7) is 3.52. The third-order valence-corrected chi connectivity index (χ3v) is 4.90. The second-order valence-electron chi connectivity index (χ2n) is 6.46. The molecule has 1 aliphatic rings. The van der Waals surface area contributed by atoms with Gasteiger partial charge in [0.2, 0.25) is 0 Å². The maximum absolute atomic E-state index is 14.6. The molecular formula is C21H19ClFN3O. The van der Waals surface area contributed by atoms with Gasteiger partial charge in [0, 0.05) is 13.1 Å². The predicted molar refractivity (Wildman–Crippen MR) is 106 cm³/mol. The summed E-state index contributed by atoms with van der Waals surface area (Å²) < 4.78 is 14.6. The quantitative estimate of drug-likeness (QED) is 0.601. The fourth-order valence-corrected chi connectivity index (χ4v) is 3.28. The molecule has 0 aliphatic carbocycles. The topological polar surface area (TPSA) is 56.1 Å². The smallest absolute Gasteiger partial charge is 0.266 e. The number of rotatable bonds is 4. The number of aryl methyl sites for hydroxylation is 1. The Morgan fingerprint density at radius 3 is 2.67 bits per heavy atom. The van der Waals surface area contributed by atoms with E-state index in [1.807, 2.05) is 17.9 Å². The molecule has 0 aromatic heterocycles. The van der Waals surface area contributed by atoms with Crippen LogP contribution in [0.25, 0.3) is 6.08 Å². The van der Waals surface area contributed by atoms with Crippen LogP contribution in [0, 0.1) is 24.1 Å². The standard InChI is InChI=1S/C21H19ClFN3O/c1-14-10-20(26-8-4-5-9-26)18(23)12-15(14)11-16(13-24)21(27)25-19-7-3-2-6-17(19)22/h2-3,6-7,10-12H,4-5,8-9H2,1H3,(H,25,27). The summed E-state index contributed by atoms with van der Waals surface area (Å²) in [6, 6.07) is 11.8. The Labute approximate surface area is 162 Å². The minimum absolute atomic E-state index is 0.119. The highest BCUT2D eigenvalue weighted by Gasteiger charge is 2.18. The predicted octanol–water partition coefficient (Wildman–Crippen LogP) is 4.93. The number of nitrogens with one attached hydrogen (secondary N) is 1. The Hall–Kier alpha value is -2.84. The molecule has 0 bridgehead atoms. The summed E-state index contributed by atoms with van der Waals surface area (Å²) in [7, 11) is 0. The van der Waals surface area contributed by atoms with Gasteiger partial charge in [0.15, 0.2) is 0 Å². The van der Waals surface area contributed by atoms with Gasteiger partial charge in [-0.2, -0.15) is 5.26 Å². The molecule has 1 amide bonds. The summed E-state index contributed by atoms with van der Waals surface area (Å²) in [5.74, 6) is -0.938. The second-order valence-corrected chi connectivity index (χ2v) is 6.87. The van der Waals surface area contributed by atoms with Crippen molar-refractivity contribution in [1.82, 2.24) is 0 Å². The van der Waals surface area contributed by atoms with E-state index in [2.05, 4.69) is 5.32 Å². The maximum atomic E-state index is 14.6. The van der Waals surface area contributed by atoms with Gasteiger partial charge in [-0.15, -0.1) is 0 Å². The minimum atomic E-state index is -0.589. The molecule has 0 radical (unpaired) electrons. The Kier molecular flexibility index (Phi) is 5.78. The van der Waals surface area contributed by atoms with Crippen molar-refractivity contribution in [3.63, 3.8) is 0 Å². The van der Waals surface area contributed by atoms with Crippen LogP contribution in [0.3, 0.4) is 0 Å². The van der Waals surface area contributed by atoms with E-state index < -0.39 is 5.91 Å². The maximum Gasteiger partial charge on any atom is 0.266 e. The van der Waals surface area contributed by atoms with Crippen LogP contribution in [0.5, 0.6) is 0 Å². The molecule has 138 valence electrons. The number of amides is 1. The van der Waals surface area contributed by atoms with Gasteiger partial charge in [-0.25, -0.2) is 4.39 Å². The first-order valence-electron chi connectivity index (χ1n) is 8.72. The van der Waals surface area contributed by atoms with Crippen LogP contribution in [0.15, 0.2) is 42.0 Å². The highest BCUT2D eigenvalue weighted by molar-refractivity contribution is 6.34. The molecule has 1 aliphatic heterocycles. The minimum Gasteiger partial charge on any atom is -0.369 e. The zero-order chi connectivity index (χ0) is 19.4. The van der Waals surface area contributed by atoms with E-state index >= 15 is 0 Å². The first-order valence-corrected chi connectivity index (χ1v) is 9.10. The Morgan fingerprint density at radius 1 is 1.30 bits per heavy atom. The van der Waals surface area contributed by atoms with E-state index in [1.54, 1.807) is 30.3 Å². The molecule has 1 heterocycles. The van der Waals surface area contributed by atoms with E-state index in [4.69, 9.17) is 11.6 Å². The van der Waals surface area contributed by atoms with Crippen molar-refractivity contribution in [2.75, 3.05) is 23.3 Å².